The number of para-hydroxylation sites is 2. The maximum atomic E-state index is 11.0. The maximum absolute atomic E-state index is 11.0. The number of anilines is 1. The predicted octanol–water partition coefficient (Wildman–Crippen LogP) is 2.03. The van der Waals surface area contributed by atoms with Crippen LogP contribution >= 0.6 is 0 Å². The third-order valence-electron chi connectivity index (χ3n) is 3.42. The Bertz CT molecular complexity index is 416. The second kappa shape index (κ2) is 5.82. The summed E-state index contributed by atoms with van der Waals surface area (Å²) < 4.78 is 0. The molecule has 0 aliphatic carbocycles. The van der Waals surface area contributed by atoms with Gasteiger partial charge in [-0.3, -0.25) is 10.1 Å². The Labute approximate surface area is 107 Å². The monoisotopic (exact) mass is 249 g/mol. The molecule has 0 radical (unpaired) electrons. The second-order valence-corrected chi connectivity index (χ2v) is 4.84. The number of nitrogens with one attached hydrogen (secondary N) is 1. The van der Waals surface area contributed by atoms with Crippen LogP contribution in [-0.4, -0.2) is 31.6 Å². The molecule has 1 heterocycles. The van der Waals surface area contributed by atoms with Gasteiger partial charge in [-0.05, 0) is 37.9 Å². The minimum Gasteiger partial charge on any atom is -0.369 e. The van der Waals surface area contributed by atoms with E-state index in [0.717, 1.165) is 19.6 Å². The topological polar surface area (TPSA) is 58.4 Å². The van der Waals surface area contributed by atoms with E-state index in [0.29, 0.717) is 11.6 Å². The van der Waals surface area contributed by atoms with Gasteiger partial charge in [0.1, 0.15) is 5.69 Å². The molecule has 98 valence electrons. The van der Waals surface area contributed by atoms with E-state index in [4.69, 9.17) is 0 Å². The SMILES string of the molecule is CN(CC1CCCNC1)c1ccccc1[N+](=O)[O-]. The van der Waals surface area contributed by atoms with Crippen molar-refractivity contribution >= 4 is 11.4 Å². The van der Waals surface area contributed by atoms with E-state index in [1.54, 1.807) is 12.1 Å². The molecule has 1 unspecified atom stereocenters. The van der Waals surface area contributed by atoms with Gasteiger partial charge in [0.2, 0.25) is 0 Å². The fourth-order valence-corrected chi connectivity index (χ4v) is 2.51. The van der Waals surface area contributed by atoms with E-state index >= 15 is 0 Å². The minimum absolute atomic E-state index is 0.184. The van der Waals surface area contributed by atoms with Crippen LogP contribution in [0.4, 0.5) is 11.4 Å². The van der Waals surface area contributed by atoms with Crippen molar-refractivity contribution in [3.05, 3.63) is 34.4 Å². The second-order valence-electron chi connectivity index (χ2n) is 4.84. The van der Waals surface area contributed by atoms with Gasteiger partial charge in [-0.1, -0.05) is 12.1 Å². The smallest absolute Gasteiger partial charge is 0.292 e. The number of hydrogen-bond donors (Lipinski definition) is 1. The van der Waals surface area contributed by atoms with Crippen molar-refractivity contribution in [2.45, 2.75) is 12.8 Å². The molecule has 0 aromatic heterocycles. The van der Waals surface area contributed by atoms with E-state index < -0.39 is 0 Å². The van der Waals surface area contributed by atoms with E-state index in [9.17, 15) is 10.1 Å². The zero-order chi connectivity index (χ0) is 13.0. The molecular formula is C13H19N3O2. The fraction of sp³-hybridized carbons (Fsp3) is 0.538. The third-order valence-corrected chi connectivity index (χ3v) is 3.42. The highest BCUT2D eigenvalue weighted by atomic mass is 16.6. The fourth-order valence-electron chi connectivity index (χ4n) is 2.51. The average molecular weight is 249 g/mol. The third kappa shape index (κ3) is 2.98. The zero-order valence-corrected chi connectivity index (χ0v) is 10.6. The highest BCUT2D eigenvalue weighted by Gasteiger charge is 2.20. The Morgan fingerprint density at radius 3 is 2.94 bits per heavy atom. The van der Waals surface area contributed by atoms with Crippen LogP contribution in [0.1, 0.15) is 12.8 Å². The zero-order valence-electron chi connectivity index (χ0n) is 10.6. The van der Waals surface area contributed by atoms with Gasteiger partial charge < -0.3 is 10.2 Å². The summed E-state index contributed by atoms with van der Waals surface area (Å²) in [6.45, 7) is 2.95. The standard InChI is InChI=1S/C13H19N3O2/c1-15(10-11-5-4-8-14-9-11)12-6-2-3-7-13(12)16(17)18/h2-3,6-7,11,14H,4-5,8-10H2,1H3. The number of nitro groups is 1. The van der Waals surface area contributed by atoms with Gasteiger partial charge in [-0.15, -0.1) is 0 Å². The normalized spacial score (nSPS) is 19.5. The first-order chi connectivity index (χ1) is 8.68. The largest absolute Gasteiger partial charge is 0.369 e. The number of nitrogens with zero attached hydrogens (tertiary/aromatic N) is 2. The van der Waals surface area contributed by atoms with Crippen LogP contribution in [0.5, 0.6) is 0 Å². The van der Waals surface area contributed by atoms with Crippen LogP contribution in [0.2, 0.25) is 0 Å². The number of nitro benzene ring substituents is 1. The van der Waals surface area contributed by atoms with E-state index in [1.807, 2.05) is 24.1 Å². The summed E-state index contributed by atoms with van der Waals surface area (Å²) in [4.78, 5) is 12.7. The van der Waals surface area contributed by atoms with Crippen molar-refractivity contribution in [1.29, 1.82) is 0 Å². The molecule has 0 spiro atoms. The lowest BCUT2D eigenvalue weighted by molar-refractivity contribution is -0.384. The summed E-state index contributed by atoms with van der Waals surface area (Å²) in [6, 6.07) is 6.93. The number of hydrogen-bond acceptors (Lipinski definition) is 4. The Balaban J connectivity index is 2.08. The molecule has 1 N–H and O–H groups in total. The first-order valence-electron chi connectivity index (χ1n) is 6.34. The molecule has 1 aliphatic heterocycles. The molecule has 1 fully saturated rings. The number of rotatable bonds is 4. The van der Waals surface area contributed by atoms with Gasteiger partial charge in [0.25, 0.3) is 5.69 Å². The highest BCUT2D eigenvalue weighted by molar-refractivity contribution is 5.62. The van der Waals surface area contributed by atoms with Crippen molar-refractivity contribution in [2.75, 3.05) is 31.6 Å². The van der Waals surface area contributed by atoms with Crippen molar-refractivity contribution in [2.24, 2.45) is 5.92 Å². The van der Waals surface area contributed by atoms with Crippen LogP contribution in [0, 0.1) is 16.0 Å². The summed E-state index contributed by atoms with van der Waals surface area (Å²) in [6.07, 6.45) is 2.38. The Morgan fingerprint density at radius 1 is 1.50 bits per heavy atom. The van der Waals surface area contributed by atoms with Gasteiger partial charge in [-0.2, -0.15) is 0 Å². The molecule has 1 atom stereocenters. The Hall–Kier alpha value is -1.62. The first-order valence-corrected chi connectivity index (χ1v) is 6.34. The van der Waals surface area contributed by atoms with Gasteiger partial charge in [0, 0.05) is 19.7 Å². The molecule has 1 aromatic carbocycles. The van der Waals surface area contributed by atoms with Gasteiger partial charge in [-0.25, -0.2) is 0 Å². The molecule has 0 amide bonds. The van der Waals surface area contributed by atoms with E-state index in [1.165, 1.54) is 12.8 Å². The molecule has 5 heteroatoms. The van der Waals surface area contributed by atoms with Crippen LogP contribution in [0.15, 0.2) is 24.3 Å². The summed E-state index contributed by atoms with van der Waals surface area (Å²) in [5, 5.41) is 14.4. The van der Waals surface area contributed by atoms with Crippen molar-refractivity contribution in [3.63, 3.8) is 0 Å². The lowest BCUT2D eigenvalue weighted by Gasteiger charge is -2.28. The summed E-state index contributed by atoms with van der Waals surface area (Å²) in [7, 11) is 1.93. The molecule has 0 saturated carbocycles. The molecule has 0 bridgehead atoms. The van der Waals surface area contributed by atoms with Crippen LogP contribution in [-0.2, 0) is 0 Å². The lowest BCUT2D eigenvalue weighted by atomic mass is 9.99. The molecule has 5 nitrogen and oxygen atoms in total. The predicted molar refractivity (Wildman–Crippen MR) is 72.0 cm³/mol. The first kappa shape index (κ1) is 12.8. The van der Waals surface area contributed by atoms with Gasteiger partial charge in [0.15, 0.2) is 0 Å². The quantitative estimate of drug-likeness (QED) is 0.655. The van der Waals surface area contributed by atoms with Crippen LogP contribution < -0.4 is 10.2 Å². The highest BCUT2D eigenvalue weighted by Crippen LogP contribution is 2.27. The average Bonchev–Trinajstić information content (AvgIpc) is 2.40. The molecular weight excluding hydrogens is 230 g/mol. The number of benzene rings is 1. The summed E-state index contributed by atoms with van der Waals surface area (Å²) in [5.74, 6) is 0.573. The Kier molecular flexibility index (Phi) is 4.15. The minimum atomic E-state index is -0.315. The summed E-state index contributed by atoms with van der Waals surface area (Å²) >= 11 is 0. The molecule has 2 rings (SSSR count). The van der Waals surface area contributed by atoms with Crippen molar-refractivity contribution in [1.82, 2.24) is 5.32 Å². The van der Waals surface area contributed by atoms with Gasteiger partial charge >= 0.3 is 0 Å². The maximum Gasteiger partial charge on any atom is 0.292 e. The molecule has 1 saturated heterocycles. The van der Waals surface area contributed by atoms with Crippen LogP contribution in [0.25, 0.3) is 0 Å². The van der Waals surface area contributed by atoms with E-state index in [2.05, 4.69) is 5.32 Å². The Morgan fingerprint density at radius 2 is 2.28 bits per heavy atom. The molecule has 18 heavy (non-hydrogen) atoms. The van der Waals surface area contributed by atoms with Crippen molar-refractivity contribution in [3.8, 4) is 0 Å². The van der Waals surface area contributed by atoms with Crippen molar-refractivity contribution < 1.29 is 4.92 Å². The summed E-state index contributed by atoms with van der Waals surface area (Å²) in [5.41, 5.74) is 0.886. The number of piperidine rings is 1. The lowest BCUT2D eigenvalue weighted by Crippen LogP contribution is -2.37. The van der Waals surface area contributed by atoms with Gasteiger partial charge in [0.05, 0.1) is 4.92 Å². The molecule has 1 aromatic rings. The van der Waals surface area contributed by atoms with E-state index in [-0.39, 0.29) is 10.6 Å². The molecule has 1 aliphatic rings. The van der Waals surface area contributed by atoms with Crippen LogP contribution in [0.3, 0.4) is 0 Å².